The summed E-state index contributed by atoms with van der Waals surface area (Å²) in [4.78, 5) is 22.8. The molecule has 1 saturated heterocycles. The number of carbonyl (C=O) groups excluding carboxylic acids is 1. The summed E-state index contributed by atoms with van der Waals surface area (Å²) in [7, 11) is -10.4. The normalized spacial score (nSPS) is 33.9. The van der Waals surface area contributed by atoms with Gasteiger partial charge < -0.3 is 40.0 Å². The molecular weight excluding hydrogens is 530 g/mol. The van der Waals surface area contributed by atoms with Gasteiger partial charge in [-0.05, 0) is 6.08 Å². The predicted molar refractivity (Wildman–Crippen MR) is 105 cm³/mol. The third kappa shape index (κ3) is 8.28. The Hall–Kier alpha value is -1.98. The maximum atomic E-state index is 11.6. The number of aliphatic hydroxyl groups is 3. The molecule has 202 valence electrons. The lowest BCUT2D eigenvalue weighted by molar-refractivity contribution is -0.261. The maximum Gasteiger partial charge on any atom is 0.397 e. The molecule has 1 fully saturated rings. The first-order valence-electron chi connectivity index (χ1n) is 9.46. The Morgan fingerprint density at radius 2 is 1.60 bits per heavy atom. The first kappa shape index (κ1) is 29.3. The monoisotopic (exact) mass is 553 g/mol. The Balaban J connectivity index is 2.40. The highest BCUT2D eigenvalue weighted by Crippen LogP contribution is 2.29. The van der Waals surface area contributed by atoms with E-state index in [2.05, 4.69) is 13.7 Å². The molecule has 0 unspecified atom stereocenters. The van der Waals surface area contributed by atoms with Crippen molar-refractivity contribution in [1.29, 1.82) is 0 Å². The van der Waals surface area contributed by atoms with Gasteiger partial charge in [0.1, 0.15) is 36.6 Å². The van der Waals surface area contributed by atoms with Gasteiger partial charge in [0, 0.05) is 6.92 Å². The van der Waals surface area contributed by atoms with Crippen LogP contribution >= 0.6 is 0 Å². The van der Waals surface area contributed by atoms with Crippen LogP contribution in [0.5, 0.6) is 0 Å². The van der Waals surface area contributed by atoms with Crippen LogP contribution in [-0.4, -0.2) is 120 Å². The number of ether oxygens (including phenoxy) is 3. The standard InChI is InChI=1S/C15H23NO17S2/c1-5(18)16-10-13(12(33-35(26,27)28)8(3-17)31-15(10)22)29-4-9-11(32-34(23,24)25)6(19)2-7(30-9)14(20)21/h2,6,8-13,15,17,19,22H,3-4H2,1H3,(H,16,18)(H,20,21)(H,23,24,25)(H,26,27,28)/t6-,8+,9-,10+,11+,12-,13+,15+/m0/s1. The van der Waals surface area contributed by atoms with E-state index in [0.29, 0.717) is 6.08 Å². The number of aliphatic carboxylic acids is 1. The average molecular weight is 553 g/mol. The fraction of sp³-hybridized carbons (Fsp3) is 0.733. The summed E-state index contributed by atoms with van der Waals surface area (Å²) in [5, 5.41) is 41.1. The topological polar surface area (TPSA) is 282 Å². The Bertz CT molecular complexity index is 1030. The van der Waals surface area contributed by atoms with Crippen LogP contribution in [0.1, 0.15) is 6.92 Å². The highest BCUT2D eigenvalue weighted by Gasteiger charge is 2.50. The zero-order valence-corrected chi connectivity index (χ0v) is 19.2. The second-order valence-corrected chi connectivity index (χ2v) is 9.33. The van der Waals surface area contributed by atoms with Crippen molar-refractivity contribution < 1.29 is 78.5 Å². The van der Waals surface area contributed by atoms with Crippen LogP contribution in [0, 0.1) is 0 Å². The Labute approximate surface area is 197 Å². The van der Waals surface area contributed by atoms with Crippen LogP contribution in [0.4, 0.5) is 0 Å². The van der Waals surface area contributed by atoms with Crippen LogP contribution in [-0.2, 0) is 53.0 Å². The molecule has 0 aromatic carbocycles. The van der Waals surface area contributed by atoms with Gasteiger partial charge in [-0.25, -0.2) is 13.2 Å². The molecule has 0 aliphatic carbocycles. The number of hydrogen-bond donors (Lipinski definition) is 7. The van der Waals surface area contributed by atoms with E-state index in [1.807, 2.05) is 0 Å². The smallest absolute Gasteiger partial charge is 0.397 e. The number of carbonyl (C=O) groups is 2. The first-order chi connectivity index (χ1) is 16.0. The second kappa shape index (κ2) is 11.4. The van der Waals surface area contributed by atoms with E-state index in [1.165, 1.54) is 0 Å². The molecule has 0 aromatic rings. The number of nitrogens with one attached hydrogen (secondary N) is 1. The lowest BCUT2D eigenvalue weighted by Crippen LogP contribution is -2.66. The predicted octanol–water partition coefficient (Wildman–Crippen LogP) is -4.31. The molecule has 18 nitrogen and oxygen atoms in total. The highest BCUT2D eigenvalue weighted by atomic mass is 32.3. The van der Waals surface area contributed by atoms with Gasteiger partial charge in [-0.2, -0.15) is 16.8 Å². The summed E-state index contributed by atoms with van der Waals surface area (Å²) < 4.78 is 87.4. The minimum absolute atomic E-state index is 0.568. The molecule has 0 aromatic heterocycles. The molecule has 2 aliphatic heterocycles. The molecule has 35 heavy (non-hydrogen) atoms. The molecule has 2 aliphatic rings. The zero-order chi connectivity index (χ0) is 26.7. The van der Waals surface area contributed by atoms with Crippen molar-refractivity contribution >= 4 is 32.7 Å². The summed E-state index contributed by atoms with van der Waals surface area (Å²) in [6.45, 7) is -0.928. The van der Waals surface area contributed by atoms with Crippen LogP contribution in [0.15, 0.2) is 11.8 Å². The van der Waals surface area contributed by atoms with Gasteiger partial charge in [0.05, 0.1) is 13.2 Å². The number of amides is 1. The van der Waals surface area contributed by atoms with Gasteiger partial charge in [0.25, 0.3) is 0 Å². The third-order valence-electron chi connectivity index (χ3n) is 4.65. The van der Waals surface area contributed by atoms with Crippen LogP contribution < -0.4 is 5.32 Å². The van der Waals surface area contributed by atoms with Crippen LogP contribution in [0.2, 0.25) is 0 Å². The molecule has 0 radical (unpaired) electrons. The molecule has 2 rings (SSSR count). The number of hydrogen-bond acceptors (Lipinski definition) is 14. The second-order valence-electron chi connectivity index (χ2n) is 7.23. The molecule has 0 spiro atoms. The van der Waals surface area contributed by atoms with E-state index in [-0.39, 0.29) is 0 Å². The number of aliphatic hydroxyl groups excluding tert-OH is 3. The van der Waals surface area contributed by atoms with E-state index < -0.39 is 101 Å². The maximum absolute atomic E-state index is 11.6. The largest absolute Gasteiger partial charge is 0.478 e. The van der Waals surface area contributed by atoms with E-state index in [1.54, 1.807) is 0 Å². The average Bonchev–Trinajstić information content (AvgIpc) is 2.69. The minimum atomic E-state index is -5.24. The van der Waals surface area contributed by atoms with Crippen LogP contribution in [0.25, 0.3) is 0 Å². The summed E-state index contributed by atoms with van der Waals surface area (Å²) in [6.07, 6.45) is -12.5. The Morgan fingerprint density at radius 3 is 2.09 bits per heavy atom. The molecule has 7 N–H and O–H groups in total. The van der Waals surface area contributed by atoms with Gasteiger partial charge in [-0.15, -0.1) is 0 Å². The third-order valence-corrected chi connectivity index (χ3v) is 5.58. The zero-order valence-electron chi connectivity index (χ0n) is 17.6. The SMILES string of the molecule is CC(=O)N[C@@H]1[C@@H](OC[C@@H]2OC(C(=O)O)=C[C@H](O)[C@H]2OS(=O)(=O)O)[C@@H](OS(=O)(=O)O)[C@@H](CO)O[C@H]1O. The van der Waals surface area contributed by atoms with Crippen molar-refractivity contribution in [1.82, 2.24) is 5.32 Å². The van der Waals surface area contributed by atoms with Gasteiger partial charge in [0.2, 0.25) is 11.7 Å². The molecule has 8 atom stereocenters. The Kier molecular flexibility index (Phi) is 9.52. The van der Waals surface area contributed by atoms with Gasteiger partial charge in [-0.3, -0.25) is 13.9 Å². The number of rotatable bonds is 10. The quantitative estimate of drug-likeness (QED) is 0.126. The van der Waals surface area contributed by atoms with Gasteiger partial charge in [-0.1, -0.05) is 0 Å². The molecular formula is C15H23NO17S2. The summed E-state index contributed by atoms with van der Waals surface area (Å²) in [5.41, 5.74) is 0. The van der Waals surface area contributed by atoms with Crippen molar-refractivity contribution in [3.8, 4) is 0 Å². The van der Waals surface area contributed by atoms with E-state index in [4.69, 9.17) is 28.4 Å². The lowest BCUT2D eigenvalue weighted by atomic mass is 9.96. The van der Waals surface area contributed by atoms with Crippen molar-refractivity contribution in [3.05, 3.63) is 11.8 Å². The highest BCUT2D eigenvalue weighted by molar-refractivity contribution is 7.81. The molecule has 2 heterocycles. The van der Waals surface area contributed by atoms with Gasteiger partial charge in [0.15, 0.2) is 12.4 Å². The molecule has 0 bridgehead atoms. The first-order valence-corrected chi connectivity index (χ1v) is 12.2. The number of carboxylic acids is 1. The van der Waals surface area contributed by atoms with E-state index in [0.717, 1.165) is 6.92 Å². The molecule has 0 saturated carbocycles. The van der Waals surface area contributed by atoms with Crippen LogP contribution in [0.3, 0.4) is 0 Å². The fourth-order valence-corrected chi connectivity index (χ4v) is 4.40. The number of carboxylic acid groups (broad SMARTS) is 1. The van der Waals surface area contributed by atoms with Crippen molar-refractivity contribution in [3.63, 3.8) is 0 Å². The van der Waals surface area contributed by atoms with E-state index in [9.17, 15) is 41.7 Å². The Morgan fingerprint density at radius 1 is 1.03 bits per heavy atom. The van der Waals surface area contributed by atoms with E-state index >= 15 is 0 Å². The van der Waals surface area contributed by atoms with Crippen molar-refractivity contribution in [2.45, 2.75) is 55.9 Å². The van der Waals surface area contributed by atoms with Crippen molar-refractivity contribution in [2.75, 3.05) is 13.2 Å². The lowest BCUT2D eigenvalue weighted by Gasteiger charge is -2.44. The summed E-state index contributed by atoms with van der Waals surface area (Å²) >= 11 is 0. The fourth-order valence-electron chi connectivity index (χ4n) is 3.37. The minimum Gasteiger partial charge on any atom is -0.478 e. The molecule has 20 heteroatoms. The summed E-state index contributed by atoms with van der Waals surface area (Å²) in [5.74, 6) is -3.34. The summed E-state index contributed by atoms with van der Waals surface area (Å²) in [6, 6.07) is -1.62. The molecule has 1 amide bonds. The van der Waals surface area contributed by atoms with Gasteiger partial charge >= 0.3 is 26.8 Å². The van der Waals surface area contributed by atoms with Crippen molar-refractivity contribution in [2.24, 2.45) is 0 Å².